The number of non-ortho nitro benzene ring substituents is 1. The Morgan fingerprint density at radius 1 is 1.24 bits per heavy atom. The summed E-state index contributed by atoms with van der Waals surface area (Å²) in [6, 6.07) is 8.05. The fourth-order valence-corrected chi connectivity index (χ4v) is 2.79. The van der Waals surface area contributed by atoms with Gasteiger partial charge in [-0.3, -0.25) is 10.1 Å². The van der Waals surface area contributed by atoms with Crippen molar-refractivity contribution in [3.8, 4) is 21.8 Å². The van der Waals surface area contributed by atoms with Crippen LogP contribution < -0.4 is 0 Å². The van der Waals surface area contributed by atoms with Crippen molar-refractivity contribution in [2.75, 3.05) is 0 Å². The Balaban J connectivity index is 2.11. The number of benzene rings is 1. The van der Waals surface area contributed by atoms with E-state index in [1.165, 1.54) is 23.5 Å². The van der Waals surface area contributed by atoms with Gasteiger partial charge in [0, 0.05) is 23.9 Å². The summed E-state index contributed by atoms with van der Waals surface area (Å²) in [5.41, 5.74) is 3.62. The molecule has 2 aromatic heterocycles. The lowest BCUT2D eigenvalue weighted by molar-refractivity contribution is -0.384. The largest absolute Gasteiger partial charge is 0.270 e. The van der Waals surface area contributed by atoms with E-state index in [-0.39, 0.29) is 11.0 Å². The highest BCUT2D eigenvalue weighted by Crippen LogP contribution is 2.34. The highest BCUT2D eigenvalue weighted by atomic mass is 35.5. The summed E-state index contributed by atoms with van der Waals surface area (Å²) in [5, 5.41) is 11.0. The molecule has 3 aromatic rings. The number of aromatic nitrogens is 3. The van der Waals surface area contributed by atoms with E-state index in [4.69, 9.17) is 11.6 Å². The Hall–Kier alpha value is -2.38. The summed E-state index contributed by atoms with van der Waals surface area (Å²) >= 11 is 7.19. The van der Waals surface area contributed by atoms with Crippen molar-refractivity contribution in [2.45, 2.75) is 0 Å². The number of thiazole rings is 1. The first kappa shape index (κ1) is 13.6. The normalized spacial score (nSPS) is 10.5. The Morgan fingerprint density at radius 2 is 2.10 bits per heavy atom. The molecule has 0 aliphatic heterocycles. The number of hydrogen-bond donors (Lipinski definition) is 0. The maximum absolute atomic E-state index is 10.9. The van der Waals surface area contributed by atoms with Gasteiger partial charge in [0.1, 0.15) is 0 Å². The molecule has 3 rings (SSSR count). The van der Waals surface area contributed by atoms with Crippen LogP contribution >= 0.6 is 22.9 Å². The van der Waals surface area contributed by atoms with E-state index < -0.39 is 4.92 Å². The third kappa shape index (κ3) is 2.74. The average molecular weight is 319 g/mol. The number of nitrogens with zero attached hydrogens (tertiary/aromatic N) is 4. The summed E-state index contributed by atoms with van der Waals surface area (Å²) in [6.45, 7) is 0. The lowest BCUT2D eigenvalue weighted by Gasteiger charge is -2.02. The topological polar surface area (TPSA) is 81.8 Å². The predicted octanol–water partition coefficient (Wildman–Crippen LogP) is 3.83. The molecule has 8 heteroatoms. The SMILES string of the molecule is O=[N+]([O-])c1cccc(-c2ncsc2-c2ccnc(Cl)n2)c1. The number of rotatable bonds is 3. The van der Waals surface area contributed by atoms with Gasteiger partial charge < -0.3 is 0 Å². The second-order valence-electron chi connectivity index (χ2n) is 4.05. The van der Waals surface area contributed by atoms with E-state index in [1.54, 1.807) is 29.9 Å². The lowest BCUT2D eigenvalue weighted by Crippen LogP contribution is -1.90. The molecule has 0 saturated carbocycles. The summed E-state index contributed by atoms with van der Waals surface area (Å²) < 4.78 is 0. The maximum Gasteiger partial charge on any atom is 0.270 e. The molecule has 1 aromatic carbocycles. The first-order chi connectivity index (χ1) is 10.1. The Bertz CT molecular complexity index is 821. The van der Waals surface area contributed by atoms with Crippen LogP contribution in [0.25, 0.3) is 21.8 Å². The van der Waals surface area contributed by atoms with Gasteiger partial charge in [-0.2, -0.15) is 0 Å². The van der Waals surface area contributed by atoms with Crippen LogP contribution in [0.15, 0.2) is 42.0 Å². The van der Waals surface area contributed by atoms with Crippen LogP contribution in [0, 0.1) is 10.1 Å². The van der Waals surface area contributed by atoms with E-state index >= 15 is 0 Å². The van der Waals surface area contributed by atoms with E-state index in [0.29, 0.717) is 17.0 Å². The third-order valence-electron chi connectivity index (χ3n) is 2.76. The molecule has 0 spiro atoms. The molecule has 0 amide bonds. The fraction of sp³-hybridized carbons (Fsp3) is 0. The van der Waals surface area contributed by atoms with Gasteiger partial charge in [-0.25, -0.2) is 15.0 Å². The van der Waals surface area contributed by atoms with Gasteiger partial charge in [-0.05, 0) is 17.7 Å². The van der Waals surface area contributed by atoms with Crippen LogP contribution in [0.3, 0.4) is 0 Å². The summed E-state index contributed by atoms with van der Waals surface area (Å²) in [7, 11) is 0. The average Bonchev–Trinajstić information content (AvgIpc) is 2.97. The van der Waals surface area contributed by atoms with Gasteiger partial charge in [-0.15, -0.1) is 11.3 Å². The van der Waals surface area contributed by atoms with Crippen LogP contribution in [0.4, 0.5) is 5.69 Å². The second kappa shape index (κ2) is 5.55. The van der Waals surface area contributed by atoms with Crippen LogP contribution in [0.1, 0.15) is 0 Å². The Kier molecular flexibility index (Phi) is 3.59. The van der Waals surface area contributed by atoms with Gasteiger partial charge in [0.2, 0.25) is 5.28 Å². The molecule has 0 aliphatic carbocycles. The standard InChI is InChI=1S/C13H7ClN4O2S/c14-13-15-5-4-10(17-13)12-11(16-7-21-12)8-2-1-3-9(6-8)18(19)20/h1-7H. The molecule has 0 saturated heterocycles. The molecule has 2 heterocycles. The van der Waals surface area contributed by atoms with Crippen molar-refractivity contribution < 1.29 is 4.92 Å². The number of halogens is 1. The minimum Gasteiger partial charge on any atom is -0.258 e. The fourth-order valence-electron chi connectivity index (χ4n) is 1.86. The van der Waals surface area contributed by atoms with Gasteiger partial charge in [0.05, 0.1) is 26.7 Å². The van der Waals surface area contributed by atoms with Crippen LogP contribution in [0.2, 0.25) is 5.28 Å². The van der Waals surface area contributed by atoms with Crippen molar-refractivity contribution in [1.82, 2.24) is 15.0 Å². The molecule has 6 nitrogen and oxygen atoms in total. The van der Waals surface area contributed by atoms with Gasteiger partial charge in [0.15, 0.2) is 0 Å². The Morgan fingerprint density at radius 3 is 2.86 bits per heavy atom. The number of nitro benzene ring substituents is 1. The zero-order valence-electron chi connectivity index (χ0n) is 10.4. The summed E-state index contributed by atoms with van der Waals surface area (Å²) in [5.74, 6) is 0. The first-order valence-electron chi connectivity index (χ1n) is 5.82. The number of nitro groups is 1. The molecule has 104 valence electrons. The minimum atomic E-state index is -0.433. The van der Waals surface area contributed by atoms with Gasteiger partial charge in [-0.1, -0.05) is 12.1 Å². The van der Waals surface area contributed by atoms with Crippen LogP contribution in [0.5, 0.6) is 0 Å². The van der Waals surface area contributed by atoms with Crippen LogP contribution in [-0.2, 0) is 0 Å². The van der Waals surface area contributed by atoms with Crippen molar-refractivity contribution in [3.05, 3.63) is 57.4 Å². The highest BCUT2D eigenvalue weighted by Gasteiger charge is 2.15. The molecule has 0 atom stereocenters. The molecule has 0 radical (unpaired) electrons. The first-order valence-corrected chi connectivity index (χ1v) is 7.08. The van der Waals surface area contributed by atoms with Gasteiger partial charge >= 0.3 is 0 Å². The lowest BCUT2D eigenvalue weighted by atomic mass is 10.1. The quantitative estimate of drug-likeness (QED) is 0.416. The molecule has 21 heavy (non-hydrogen) atoms. The summed E-state index contributed by atoms with van der Waals surface area (Å²) in [6.07, 6.45) is 1.56. The maximum atomic E-state index is 10.9. The zero-order chi connectivity index (χ0) is 14.8. The number of hydrogen-bond acceptors (Lipinski definition) is 6. The van der Waals surface area contributed by atoms with Crippen LogP contribution in [-0.4, -0.2) is 19.9 Å². The third-order valence-corrected chi connectivity index (χ3v) is 3.79. The monoisotopic (exact) mass is 318 g/mol. The Labute approximate surface area is 128 Å². The molecule has 0 fully saturated rings. The van der Waals surface area contributed by atoms with Crippen molar-refractivity contribution in [3.63, 3.8) is 0 Å². The van der Waals surface area contributed by atoms with E-state index in [0.717, 1.165) is 4.88 Å². The summed E-state index contributed by atoms with van der Waals surface area (Å²) in [4.78, 5) is 23.5. The minimum absolute atomic E-state index is 0.0205. The molecule has 0 aliphatic rings. The predicted molar refractivity (Wildman–Crippen MR) is 80.2 cm³/mol. The van der Waals surface area contributed by atoms with E-state index in [9.17, 15) is 10.1 Å². The molecule has 0 bridgehead atoms. The van der Waals surface area contributed by atoms with Crippen molar-refractivity contribution >= 4 is 28.6 Å². The molecular weight excluding hydrogens is 312 g/mol. The second-order valence-corrected chi connectivity index (χ2v) is 5.24. The van der Waals surface area contributed by atoms with Crippen molar-refractivity contribution in [2.24, 2.45) is 0 Å². The molecule has 0 N–H and O–H groups in total. The zero-order valence-corrected chi connectivity index (χ0v) is 12.0. The van der Waals surface area contributed by atoms with E-state index in [1.807, 2.05) is 0 Å². The molecular formula is C13H7ClN4O2S. The van der Waals surface area contributed by atoms with Crippen molar-refractivity contribution in [1.29, 1.82) is 0 Å². The van der Waals surface area contributed by atoms with E-state index in [2.05, 4.69) is 15.0 Å². The van der Waals surface area contributed by atoms with Gasteiger partial charge in [0.25, 0.3) is 5.69 Å². The highest BCUT2D eigenvalue weighted by molar-refractivity contribution is 7.13. The molecule has 0 unspecified atom stereocenters. The smallest absolute Gasteiger partial charge is 0.258 e.